The van der Waals surface area contributed by atoms with Gasteiger partial charge in [-0.15, -0.1) is 0 Å². The van der Waals surface area contributed by atoms with E-state index in [0.29, 0.717) is 0 Å². The van der Waals surface area contributed by atoms with Crippen molar-refractivity contribution in [2.24, 2.45) is 0 Å². The van der Waals surface area contributed by atoms with E-state index < -0.39 is 0 Å². The first kappa shape index (κ1) is 18.6. The third kappa shape index (κ3) is 10.4. The van der Waals surface area contributed by atoms with Crippen LogP contribution in [0.1, 0.15) is 0 Å². The molecule has 0 rings (SSSR count). The fourth-order valence-corrected chi connectivity index (χ4v) is 0. The zero-order valence-corrected chi connectivity index (χ0v) is 5.45. The minimum absolute atomic E-state index is 0. The molecule has 0 spiro atoms. The molecule has 0 aliphatic heterocycles. The molecule has 0 aromatic heterocycles. The van der Waals surface area contributed by atoms with Crippen LogP contribution in [-0.2, 0) is 38.1 Å². The fourth-order valence-electron chi connectivity index (χ4n) is 0. The van der Waals surface area contributed by atoms with Gasteiger partial charge in [0.25, 0.3) is 0 Å². The summed E-state index contributed by atoms with van der Waals surface area (Å²) in [5.41, 5.74) is 0. The standard InChI is InChI=1S/CH3B.Fe.Mo/c1-2;;/h1H3;;. The van der Waals surface area contributed by atoms with E-state index in [1.165, 1.54) is 6.82 Å². The molecule has 0 heterocycles. The van der Waals surface area contributed by atoms with Crippen molar-refractivity contribution in [2.45, 2.75) is 6.82 Å². The van der Waals surface area contributed by atoms with Crippen molar-refractivity contribution >= 4 is 7.85 Å². The second-order valence-electron chi connectivity index (χ2n) is 0. The Balaban J connectivity index is -0.00000000500. The Morgan fingerprint density at radius 2 is 1.25 bits per heavy atom. The summed E-state index contributed by atoms with van der Waals surface area (Å²) >= 11 is 0. The molecule has 4 heavy (non-hydrogen) atoms. The summed E-state index contributed by atoms with van der Waals surface area (Å²) in [6, 6.07) is 0. The second-order valence-corrected chi connectivity index (χ2v) is 0. The van der Waals surface area contributed by atoms with Gasteiger partial charge >= 0.3 is 0 Å². The van der Waals surface area contributed by atoms with Crippen molar-refractivity contribution in [3.05, 3.63) is 0 Å². The summed E-state index contributed by atoms with van der Waals surface area (Å²) in [4.78, 5) is 0. The van der Waals surface area contributed by atoms with Gasteiger partial charge in [-0.2, -0.15) is 0 Å². The summed E-state index contributed by atoms with van der Waals surface area (Å²) in [6.07, 6.45) is 0. The molecule has 0 nitrogen and oxygen atoms in total. The van der Waals surface area contributed by atoms with Crippen molar-refractivity contribution in [2.75, 3.05) is 0 Å². The van der Waals surface area contributed by atoms with E-state index in [4.69, 9.17) is 0 Å². The summed E-state index contributed by atoms with van der Waals surface area (Å²) < 4.78 is 0. The van der Waals surface area contributed by atoms with Gasteiger partial charge in [0.15, 0.2) is 0 Å². The van der Waals surface area contributed by atoms with Crippen LogP contribution in [0.2, 0.25) is 6.82 Å². The molecule has 0 atom stereocenters. The van der Waals surface area contributed by atoms with Crippen LogP contribution in [0.4, 0.5) is 0 Å². The largest absolute Gasteiger partial charge is 0.0999 e. The van der Waals surface area contributed by atoms with Gasteiger partial charge in [0.1, 0.15) is 0 Å². The monoisotopic (exact) mass is 180 g/mol. The van der Waals surface area contributed by atoms with Crippen LogP contribution in [0.15, 0.2) is 0 Å². The van der Waals surface area contributed by atoms with Gasteiger partial charge < -0.3 is 0 Å². The van der Waals surface area contributed by atoms with Crippen molar-refractivity contribution in [3.8, 4) is 0 Å². The summed E-state index contributed by atoms with van der Waals surface area (Å²) in [7, 11) is 4.50. The molecule has 0 N–H and O–H groups in total. The third-order valence-electron chi connectivity index (χ3n) is 0. The van der Waals surface area contributed by atoms with E-state index in [1.807, 2.05) is 0 Å². The van der Waals surface area contributed by atoms with Gasteiger partial charge in [0, 0.05) is 38.1 Å². The molecule has 2 radical (unpaired) electrons. The smallest absolute Gasteiger partial charge is 0.0606 e. The Hall–Kier alpha value is 1.27. The van der Waals surface area contributed by atoms with Gasteiger partial charge in [-0.3, -0.25) is 0 Å². The van der Waals surface area contributed by atoms with Gasteiger partial charge in [-0.1, -0.05) is 6.82 Å². The van der Waals surface area contributed by atoms with Crippen molar-refractivity contribution in [3.63, 3.8) is 0 Å². The Morgan fingerprint density at radius 3 is 1.25 bits per heavy atom. The Morgan fingerprint density at radius 1 is 1.25 bits per heavy atom. The van der Waals surface area contributed by atoms with Gasteiger partial charge in [0.05, 0.1) is 7.85 Å². The first-order valence-corrected chi connectivity index (χ1v) is 0.577. The normalized spacial score (nSPS) is 1.25. The molecule has 0 amide bonds. The maximum absolute atomic E-state index is 4.50. The van der Waals surface area contributed by atoms with Gasteiger partial charge in [-0.25, -0.2) is 0 Å². The van der Waals surface area contributed by atoms with Crippen LogP contribution < -0.4 is 0 Å². The SMILES string of the molecule is [B]C.[Fe].[Mo]. The van der Waals surface area contributed by atoms with E-state index in [-0.39, 0.29) is 38.1 Å². The molecule has 0 aliphatic rings. The first-order valence-electron chi connectivity index (χ1n) is 0.577. The first-order chi connectivity index (χ1) is 1.00. The van der Waals surface area contributed by atoms with Crippen molar-refractivity contribution in [1.82, 2.24) is 0 Å². The maximum Gasteiger partial charge on any atom is 0.0606 e. The molecule has 3 heteroatoms. The molecular formula is CH3BFeMo. The molecule has 0 saturated heterocycles. The van der Waals surface area contributed by atoms with Gasteiger partial charge in [-0.05, 0) is 0 Å². The number of hydrogen-bond donors (Lipinski definition) is 0. The Kier molecular flexibility index (Phi) is 132. The van der Waals surface area contributed by atoms with E-state index in [1.54, 1.807) is 0 Å². The Labute approximate surface area is 52.9 Å². The Bertz CT molecular complexity index is 8.00. The quantitative estimate of drug-likeness (QED) is 0.464. The van der Waals surface area contributed by atoms with Crippen LogP contribution in [0, 0.1) is 0 Å². The molecule has 0 unspecified atom stereocenters. The minimum atomic E-state index is 0. The van der Waals surface area contributed by atoms with Crippen LogP contribution >= 0.6 is 0 Å². The van der Waals surface area contributed by atoms with E-state index in [9.17, 15) is 0 Å². The molecule has 0 aliphatic carbocycles. The van der Waals surface area contributed by atoms with Crippen LogP contribution in [0.5, 0.6) is 0 Å². The molecule has 0 aromatic rings. The predicted molar refractivity (Wildman–Crippen MR) is 11.6 cm³/mol. The molecule has 0 aromatic carbocycles. The average molecular weight is 178 g/mol. The second kappa shape index (κ2) is 28.3. The number of hydrogen-bond acceptors (Lipinski definition) is 0. The van der Waals surface area contributed by atoms with E-state index in [0.717, 1.165) is 0 Å². The van der Waals surface area contributed by atoms with Crippen molar-refractivity contribution in [1.29, 1.82) is 0 Å². The summed E-state index contributed by atoms with van der Waals surface area (Å²) in [6.45, 7) is 1.50. The summed E-state index contributed by atoms with van der Waals surface area (Å²) in [5.74, 6) is 0. The van der Waals surface area contributed by atoms with Crippen molar-refractivity contribution < 1.29 is 38.1 Å². The fraction of sp³-hybridized carbons (Fsp3) is 1.00. The minimum Gasteiger partial charge on any atom is -0.0999 e. The third-order valence-corrected chi connectivity index (χ3v) is 0. The molecular weight excluding hydrogens is 175 g/mol. The molecule has 0 bridgehead atoms. The number of rotatable bonds is 0. The molecule has 24 valence electrons. The zero-order valence-electron chi connectivity index (χ0n) is 2.34. The molecule has 0 fully saturated rings. The predicted octanol–water partition coefficient (Wildman–Crippen LogP) is 0.198. The van der Waals surface area contributed by atoms with E-state index >= 15 is 0 Å². The van der Waals surface area contributed by atoms with E-state index in [2.05, 4.69) is 7.85 Å². The average Bonchev–Trinajstić information content (AvgIpc) is 1.00. The summed E-state index contributed by atoms with van der Waals surface area (Å²) in [5, 5.41) is 0. The van der Waals surface area contributed by atoms with Crippen LogP contribution in [0.3, 0.4) is 0 Å². The zero-order chi connectivity index (χ0) is 2.00. The van der Waals surface area contributed by atoms with Gasteiger partial charge in [0.2, 0.25) is 0 Å². The topological polar surface area (TPSA) is 0 Å². The maximum atomic E-state index is 4.50. The van der Waals surface area contributed by atoms with Crippen LogP contribution in [0.25, 0.3) is 0 Å². The van der Waals surface area contributed by atoms with Crippen LogP contribution in [-0.4, -0.2) is 7.85 Å². The molecule has 0 saturated carbocycles.